The number of carbonyl (C=O) groups excluding carboxylic acids is 1. The molecular formula is C10H5F4N3O. The molecule has 2 rings (SSSR count). The largest absolute Gasteiger partial charge is 0.331 e. The molecule has 0 aliphatic heterocycles. The van der Waals surface area contributed by atoms with Gasteiger partial charge in [-0.15, -0.1) is 0 Å². The molecule has 8 heteroatoms. The number of aromatic nitrogens is 2. The number of hydrogen-bond donors (Lipinski definition) is 2. The minimum absolute atomic E-state index is 0.0375. The normalized spacial score (nSPS) is 10.4. The van der Waals surface area contributed by atoms with Crippen molar-refractivity contribution in [1.29, 1.82) is 0 Å². The van der Waals surface area contributed by atoms with Crippen molar-refractivity contribution in [3.63, 3.8) is 0 Å². The van der Waals surface area contributed by atoms with Crippen molar-refractivity contribution >= 4 is 11.9 Å². The maximum Gasteiger partial charge on any atom is 0.261 e. The number of halogens is 4. The van der Waals surface area contributed by atoms with Crippen LogP contribution in [0.25, 0.3) is 0 Å². The molecule has 18 heavy (non-hydrogen) atoms. The fraction of sp³-hybridized carbons (Fsp3) is 0. The molecule has 2 N–H and O–H groups in total. The molecule has 0 saturated carbocycles. The molecule has 1 amide bonds. The number of aromatic amines is 1. The first-order chi connectivity index (χ1) is 8.50. The predicted molar refractivity (Wildman–Crippen MR) is 52.8 cm³/mol. The number of rotatable bonds is 2. The molecule has 94 valence electrons. The highest BCUT2D eigenvalue weighted by atomic mass is 19.2. The molecular weight excluding hydrogens is 254 g/mol. The molecule has 1 aromatic carbocycles. The third kappa shape index (κ3) is 2.04. The van der Waals surface area contributed by atoms with E-state index in [1.54, 1.807) is 0 Å². The van der Waals surface area contributed by atoms with Crippen molar-refractivity contribution in [1.82, 2.24) is 9.97 Å². The lowest BCUT2D eigenvalue weighted by molar-refractivity contribution is 0.102. The van der Waals surface area contributed by atoms with Crippen LogP contribution in [0.5, 0.6) is 0 Å². The summed E-state index contributed by atoms with van der Waals surface area (Å²) in [5.74, 6) is -8.62. The lowest BCUT2D eigenvalue weighted by Crippen LogP contribution is -2.17. The lowest BCUT2D eigenvalue weighted by atomic mass is 10.1. The Balaban J connectivity index is 2.36. The smallest absolute Gasteiger partial charge is 0.261 e. The maximum absolute atomic E-state index is 13.2. The van der Waals surface area contributed by atoms with Crippen molar-refractivity contribution in [3.8, 4) is 0 Å². The number of benzene rings is 1. The van der Waals surface area contributed by atoms with Crippen molar-refractivity contribution in [2.45, 2.75) is 0 Å². The number of carbonyl (C=O) groups is 1. The first kappa shape index (κ1) is 12.1. The summed E-state index contributed by atoms with van der Waals surface area (Å²) in [4.78, 5) is 17.6. The summed E-state index contributed by atoms with van der Waals surface area (Å²) in [5.41, 5.74) is -0.956. The first-order valence-corrected chi connectivity index (χ1v) is 4.64. The van der Waals surface area contributed by atoms with Crippen LogP contribution in [0.15, 0.2) is 18.5 Å². The highest BCUT2D eigenvalue weighted by Gasteiger charge is 2.23. The third-order valence-corrected chi connectivity index (χ3v) is 2.08. The average Bonchev–Trinajstić information content (AvgIpc) is 2.83. The molecule has 0 saturated heterocycles. The number of anilines is 1. The van der Waals surface area contributed by atoms with Gasteiger partial charge in [-0.1, -0.05) is 0 Å². The predicted octanol–water partition coefficient (Wildman–Crippen LogP) is 2.22. The van der Waals surface area contributed by atoms with E-state index in [-0.39, 0.29) is 12.0 Å². The highest BCUT2D eigenvalue weighted by Crippen LogP contribution is 2.19. The van der Waals surface area contributed by atoms with E-state index in [0.717, 1.165) is 0 Å². The third-order valence-electron chi connectivity index (χ3n) is 2.08. The van der Waals surface area contributed by atoms with E-state index >= 15 is 0 Å². The van der Waals surface area contributed by atoms with Crippen LogP contribution in [0.1, 0.15) is 10.4 Å². The van der Waals surface area contributed by atoms with Crippen LogP contribution in [0.2, 0.25) is 0 Å². The van der Waals surface area contributed by atoms with E-state index in [0.29, 0.717) is 0 Å². The topological polar surface area (TPSA) is 57.8 Å². The average molecular weight is 259 g/mol. The van der Waals surface area contributed by atoms with E-state index in [2.05, 4.69) is 15.3 Å². The molecule has 0 radical (unpaired) electrons. The highest BCUT2D eigenvalue weighted by molar-refractivity contribution is 6.03. The van der Waals surface area contributed by atoms with Gasteiger partial charge in [0.25, 0.3) is 5.91 Å². The summed E-state index contributed by atoms with van der Waals surface area (Å²) in [7, 11) is 0. The number of amides is 1. The van der Waals surface area contributed by atoms with Gasteiger partial charge in [0.15, 0.2) is 23.3 Å². The Labute approximate surface area is 97.7 Å². The first-order valence-electron chi connectivity index (χ1n) is 4.64. The fourth-order valence-electron chi connectivity index (χ4n) is 1.25. The summed E-state index contributed by atoms with van der Waals surface area (Å²) >= 11 is 0. The van der Waals surface area contributed by atoms with Gasteiger partial charge in [0.05, 0.1) is 5.56 Å². The zero-order valence-corrected chi connectivity index (χ0v) is 8.60. The summed E-state index contributed by atoms with van der Waals surface area (Å²) in [6, 6.07) is 0.270. The Morgan fingerprint density at radius 2 is 1.89 bits per heavy atom. The second-order valence-electron chi connectivity index (χ2n) is 3.24. The lowest BCUT2D eigenvalue weighted by Gasteiger charge is -2.05. The van der Waals surface area contributed by atoms with Crippen molar-refractivity contribution in [2.24, 2.45) is 0 Å². The SMILES string of the molecule is O=C(Nc1ncc[nH]1)c1cc(F)c(F)c(F)c1F. The summed E-state index contributed by atoms with van der Waals surface area (Å²) in [6.07, 6.45) is 2.68. The van der Waals surface area contributed by atoms with Gasteiger partial charge in [0.1, 0.15) is 0 Å². The van der Waals surface area contributed by atoms with Crippen LogP contribution in [0.3, 0.4) is 0 Å². The van der Waals surface area contributed by atoms with Crippen molar-refractivity contribution < 1.29 is 22.4 Å². The number of imidazole rings is 1. The van der Waals surface area contributed by atoms with Gasteiger partial charge in [-0.25, -0.2) is 22.5 Å². The van der Waals surface area contributed by atoms with E-state index in [1.807, 2.05) is 0 Å². The molecule has 1 heterocycles. The second-order valence-corrected chi connectivity index (χ2v) is 3.24. The van der Waals surface area contributed by atoms with Crippen molar-refractivity contribution in [2.75, 3.05) is 5.32 Å². The van der Waals surface area contributed by atoms with Gasteiger partial charge in [-0.05, 0) is 6.07 Å². The number of nitrogens with one attached hydrogen (secondary N) is 2. The maximum atomic E-state index is 13.2. The van der Waals surface area contributed by atoms with Gasteiger partial charge in [0.2, 0.25) is 5.95 Å². The van der Waals surface area contributed by atoms with Gasteiger partial charge in [-0.2, -0.15) is 0 Å². The van der Waals surface area contributed by atoms with Gasteiger partial charge >= 0.3 is 0 Å². The van der Waals surface area contributed by atoms with E-state index in [9.17, 15) is 22.4 Å². The monoisotopic (exact) mass is 259 g/mol. The molecule has 0 spiro atoms. The fourth-order valence-corrected chi connectivity index (χ4v) is 1.25. The molecule has 0 atom stereocenters. The Morgan fingerprint density at radius 1 is 1.17 bits per heavy atom. The van der Waals surface area contributed by atoms with Crippen LogP contribution < -0.4 is 5.32 Å². The quantitative estimate of drug-likeness (QED) is 0.493. The molecule has 1 aromatic heterocycles. The minimum atomic E-state index is -2.04. The molecule has 0 bridgehead atoms. The molecule has 0 fully saturated rings. The zero-order valence-electron chi connectivity index (χ0n) is 8.60. The zero-order chi connectivity index (χ0) is 13.3. The van der Waals surface area contributed by atoms with E-state index < -0.39 is 34.7 Å². The Morgan fingerprint density at radius 3 is 2.50 bits per heavy atom. The van der Waals surface area contributed by atoms with Crippen LogP contribution in [0, 0.1) is 23.3 Å². The number of hydrogen-bond acceptors (Lipinski definition) is 2. The van der Waals surface area contributed by atoms with Crippen LogP contribution in [-0.4, -0.2) is 15.9 Å². The van der Waals surface area contributed by atoms with Gasteiger partial charge < -0.3 is 4.98 Å². The van der Waals surface area contributed by atoms with Crippen molar-refractivity contribution in [3.05, 3.63) is 47.3 Å². The van der Waals surface area contributed by atoms with Gasteiger partial charge in [0, 0.05) is 12.4 Å². The Hall–Kier alpha value is -2.38. The van der Waals surface area contributed by atoms with Crippen LogP contribution in [-0.2, 0) is 0 Å². The van der Waals surface area contributed by atoms with Crippen LogP contribution in [0.4, 0.5) is 23.5 Å². The number of nitrogens with zero attached hydrogens (tertiary/aromatic N) is 1. The van der Waals surface area contributed by atoms with Crippen LogP contribution >= 0.6 is 0 Å². The molecule has 0 unspecified atom stereocenters. The Kier molecular flexibility index (Phi) is 3.00. The molecule has 2 aromatic rings. The molecule has 4 nitrogen and oxygen atoms in total. The minimum Gasteiger partial charge on any atom is -0.331 e. The molecule has 0 aliphatic rings. The summed E-state index contributed by atoms with van der Waals surface area (Å²) in [6.45, 7) is 0. The Bertz CT molecular complexity index is 598. The summed E-state index contributed by atoms with van der Waals surface area (Å²) < 4.78 is 51.7. The molecule has 0 aliphatic carbocycles. The standard InChI is InChI=1S/C10H5F4N3O/c11-5-3-4(6(12)8(14)7(5)13)9(18)17-10-15-1-2-16-10/h1-3H,(H2,15,16,17,18). The number of H-pyrrole nitrogens is 1. The second kappa shape index (κ2) is 4.47. The van der Waals surface area contributed by atoms with E-state index in [1.165, 1.54) is 12.4 Å². The van der Waals surface area contributed by atoms with E-state index in [4.69, 9.17) is 0 Å². The summed E-state index contributed by atoms with van der Waals surface area (Å²) in [5, 5.41) is 2.05. The van der Waals surface area contributed by atoms with Gasteiger partial charge in [-0.3, -0.25) is 10.1 Å².